The van der Waals surface area contributed by atoms with E-state index >= 15 is 0 Å². The Kier molecular flexibility index (Phi) is 2.46. The van der Waals surface area contributed by atoms with Crippen molar-refractivity contribution in [2.75, 3.05) is 20.1 Å². The number of likely N-dealkylation sites (N-methyl/N-ethyl adjacent to an activating group) is 1. The molecule has 0 saturated carbocycles. The van der Waals surface area contributed by atoms with Crippen LogP contribution < -0.4 is 0 Å². The fraction of sp³-hybridized carbons (Fsp3) is 0.857. The van der Waals surface area contributed by atoms with Crippen LogP contribution in [0.2, 0.25) is 0 Å². The third kappa shape index (κ3) is 2.17. The minimum Gasteiger partial charge on any atom is -0.479 e. The highest BCUT2D eigenvalue weighted by Gasteiger charge is 2.27. The van der Waals surface area contributed by atoms with E-state index in [1.807, 2.05) is 18.9 Å². The number of hydrogen-bond donors (Lipinski definition) is 1. The second-order valence-corrected chi connectivity index (χ2v) is 2.99. The summed E-state index contributed by atoms with van der Waals surface area (Å²) in [6.45, 7) is 3.18. The van der Waals surface area contributed by atoms with Crippen molar-refractivity contribution in [1.29, 1.82) is 0 Å². The van der Waals surface area contributed by atoms with E-state index in [-0.39, 0.29) is 6.10 Å². The smallest absolute Gasteiger partial charge is 0.334 e. The molecular weight excluding hydrogens is 146 g/mol. The molecule has 1 saturated heterocycles. The summed E-state index contributed by atoms with van der Waals surface area (Å²) in [5.41, 5.74) is 0. The molecule has 1 unspecified atom stereocenters. The lowest BCUT2D eigenvalue weighted by molar-refractivity contribution is -0.161. The van der Waals surface area contributed by atoms with Crippen LogP contribution in [-0.4, -0.2) is 48.3 Å². The fourth-order valence-corrected chi connectivity index (χ4v) is 1.30. The Bertz CT molecular complexity index is 150. The summed E-state index contributed by atoms with van der Waals surface area (Å²) in [6.07, 6.45) is -0.626. The van der Waals surface area contributed by atoms with Crippen LogP contribution in [0.15, 0.2) is 0 Å². The molecule has 4 heteroatoms. The molecule has 1 rings (SSSR count). The van der Waals surface area contributed by atoms with Crippen LogP contribution in [0.1, 0.15) is 6.92 Å². The standard InChI is InChI=1S/C7H13NO3/c1-5-3-8(2)4-6(11-5)7(9)10/h5-6H,3-4H2,1-2H3,(H,9,10)/t5-,6?/m0/s1. The minimum atomic E-state index is -0.872. The molecule has 1 fully saturated rings. The number of carbonyl (C=O) groups is 1. The van der Waals surface area contributed by atoms with E-state index in [0.717, 1.165) is 6.54 Å². The van der Waals surface area contributed by atoms with E-state index < -0.39 is 12.1 Å². The van der Waals surface area contributed by atoms with Gasteiger partial charge in [-0.25, -0.2) is 4.79 Å². The molecule has 0 aromatic rings. The Labute approximate surface area is 65.8 Å². The van der Waals surface area contributed by atoms with Gasteiger partial charge in [0.15, 0.2) is 6.10 Å². The van der Waals surface area contributed by atoms with E-state index in [0.29, 0.717) is 6.54 Å². The predicted molar refractivity (Wildman–Crippen MR) is 39.5 cm³/mol. The molecule has 64 valence electrons. The van der Waals surface area contributed by atoms with Gasteiger partial charge in [-0.05, 0) is 14.0 Å². The third-order valence-electron chi connectivity index (χ3n) is 1.72. The van der Waals surface area contributed by atoms with Gasteiger partial charge in [0.1, 0.15) is 0 Å². The Morgan fingerprint density at radius 1 is 1.64 bits per heavy atom. The number of aliphatic carboxylic acids is 1. The van der Waals surface area contributed by atoms with E-state index in [4.69, 9.17) is 9.84 Å². The maximum absolute atomic E-state index is 10.5. The summed E-state index contributed by atoms with van der Waals surface area (Å²) in [6, 6.07) is 0. The van der Waals surface area contributed by atoms with Gasteiger partial charge in [0.25, 0.3) is 0 Å². The zero-order valence-corrected chi connectivity index (χ0v) is 6.78. The quantitative estimate of drug-likeness (QED) is 0.575. The van der Waals surface area contributed by atoms with Crippen molar-refractivity contribution in [2.24, 2.45) is 0 Å². The second kappa shape index (κ2) is 3.19. The number of hydrogen-bond acceptors (Lipinski definition) is 3. The maximum atomic E-state index is 10.5. The van der Waals surface area contributed by atoms with Crippen LogP contribution in [0.5, 0.6) is 0 Å². The van der Waals surface area contributed by atoms with E-state index in [1.54, 1.807) is 0 Å². The van der Waals surface area contributed by atoms with Gasteiger partial charge in [0, 0.05) is 13.1 Å². The molecule has 1 heterocycles. The number of carboxylic acids is 1. The normalized spacial score (nSPS) is 33.6. The van der Waals surface area contributed by atoms with Crippen LogP contribution in [-0.2, 0) is 9.53 Å². The van der Waals surface area contributed by atoms with Crippen LogP contribution in [0, 0.1) is 0 Å². The van der Waals surface area contributed by atoms with Crippen molar-refractivity contribution in [2.45, 2.75) is 19.1 Å². The first-order chi connectivity index (χ1) is 5.09. The Balaban J connectivity index is 2.49. The molecule has 0 spiro atoms. The molecule has 0 bridgehead atoms. The molecule has 1 aliphatic heterocycles. The summed E-state index contributed by atoms with van der Waals surface area (Å²) in [4.78, 5) is 12.5. The van der Waals surface area contributed by atoms with E-state index in [9.17, 15) is 4.79 Å². The summed E-state index contributed by atoms with van der Waals surface area (Å²) in [5, 5.41) is 8.62. The monoisotopic (exact) mass is 159 g/mol. The molecule has 0 aromatic heterocycles. The third-order valence-corrected chi connectivity index (χ3v) is 1.72. The highest BCUT2D eigenvalue weighted by atomic mass is 16.5. The largest absolute Gasteiger partial charge is 0.479 e. The topological polar surface area (TPSA) is 49.8 Å². The minimum absolute atomic E-state index is 0.0230. The van der Waals surface area contributed by atoms with Crippen molar-refractivity contribution < 1.29 is 14.6 Å². The van der Waals surface area contributed by atoms with Crippen LogP contribution in [0.25, 0.3) is 0 Å². The molecule has 0 aliphatic carbocycles. The molecule has 1 aliphatic rings. The highest BCUT2D eigenvalue weighted by Crippen LogP contribution is 2.08. The molecule has 0 radical (unpaired) electrons. The van der Waals surface area contributed by atoms with Crippen molar-refractivity contribution in [1.82, 2.24) is 4.90 Å². The van der Waals surface area contributed by atoms with Crippen LogP contribution in [0.3, 0.4) is 0 Å². The van der Waals surface area contributed by atoms with Gasteiger partial charge >= 0.3 is 5.97 Å². The van der Waals surface area contributed by atoms with E-state index in [2.05, 4.69) is 0 Å². The summed E-state index contributed by atoms with van der Waals surface area (Å²) in [7, 11) is 1.90. The van der Waals surface area contributed by atoms with Gasteiger partial charge in [-0.2, -0.15) is 0 Å². The van der Waals surface area contributed by atoms with Gasteiger partial charge in [0.2, 0.25) is 0 Å². The Morgan fingerprint density at radius 2 is 2.27 bits per heavy atom. The molecule has 1 N–H and O–H groups in total. The molecule has 0 amide bonds. The molecule has 2 atom stereocenters. The number of morpholine rings is 1. The van der Waals surface area contributed by atoms with Gasteiger partial charge in [0.05, 0.1) is 6.10 Å². The average molecular weight is 159 g/mol. The number of rotatable bonds is 1. The second-order valence-electron chi connectivity index (χ2n) is 2.99. The highest BCUT2D eigenvalue weighted by molar-refractivity contribution is 5.72. The first-order valence-electron chi connectivity index (χ1n) is 3.66. The number of ether oxygens (including phenoxy) is 1. The van der Waals surface area contributed by atoms with Crippen LogP contribution in [0.4, 0.5) is 0 Å². The molecule has 11 heavy (non-hydrogen) atoms. The van der Waals surface area contributed by atoms with Crippen molar-refractivity contribution in [3.63, 3.8) is 0 Å². The zero-order valence-electron chi connectivity index (χ0n) is 6.78. The zero-order chi connectivity index (χ0) is 8.43. The number of carboxylic acid groups (broad SMARTS) is 1. The van der Waals surface area contributed by atoms with Gasteiger partial charge in [-0.1, -0.05) is 0 Å². The van der Waals surface area contributed by atoms with Crippen molar-refractivity contribution >= 4 is 5.97 Å². The number of nitrogens with zero attached hydrogens (tertiary/aromatic N) is 1. The maximum Gasteiger partial charge on any atom is 0.334 e. The lowest BCUT2D eigenvalue weighted by Crippen LogP contribution is -2.47. The van der Waals surface area contributed by atoms with Gasteiger partial charge in [-0.3, -0.25) is 0 Å². The van der Waals surface area contributed by atoms with Gasteiger partial charge < -0.3 is 14.7 Å². The summed E-state index contributed by atoms with van der Waals surface area (Å²) >= 11 is 0. The fourth-order valence-electron chi connectivity index (χ4n) is 1.30. The molecule has 0 aromatic carbocycles. The van der Waals surface area contributed by atoms with Crippen molar-refractivity contribution in [3.8, 4) is 0 Å². The first-order valence-corrected chi connectivity index (χ1v) is 3.66. The summed E-state index contributed by atoms with van der Waals surface area (Å²) < 4.78 is 5.18. The SMILES string of the molecule is C[C@H]1CN(C)CC(C(=O)O)O1. The first kappa shape index (κ1) is 8.49. The summed E-state index contributed by atoms with van der Waals surface area (Å²) in [5.74, 6) is -0.872. The lowest BCUT2D eigenvalue weighted by atomic mass is 10.2. The lowest BCUT2D eigenvalue weighted by Gasteiger charge is -2.32. The Morgan fingerprint density at radius 3 is 2.73 bits per heavy atom. The van der Waals surface area contributed by atoms with E-state index in [1.165, 1.54) is 0 Å². The van der Waals surface area contributed by atoms with Gasteiger partial charge in [-0.15, -0.1) is 0 Å². The van der Waals surface area contributed by atoms with Crippen LogP contribution >= 0.6 is 0 Å². The molecular formula is C7H13NO3. The van der Waals surface area contributed by atoms with Crippen molar-refractivity contribution in [3.05, 3.63) is 0 Å². The predicted octanol–water partition coefficient (Wildman–Crippen LogP) is -0.210. The molecule has 4 nitrogen and oxygen atoms in total. The average Bonchev–Trinajstić information content (AvgIpc) is 1.85. The Hall–Kier alpha value is -0.610.